The van der Waals surface area contributed by atoms with E-state index in [-0.39, 0.29) is 5.75 Å². The molecule has 0 radical (unpaired) electrons. The molecule has 1 saturated heterocycles. The van der Waals surface area contributed by atoms with Gasteiger partial charge < -0.3 is 10.1 Å². The van der Waals surface area contributed by atoms with Gasteiger partial charge in [-0.25, -0.2) is 4.79 Å². The van der Waals surface area contributed by atoms with Crippen LogP contribution in [0.4, 0.5) is 13.6 Å². The molecule has 1 atom stereocenters. The third-order valence-electron chi connectivity index (χ3n) is 5.40. The number of benzene rings is 1. The van der Waals surface area contributed by atoms with Crippen molar-refractivity contribution in [3.8, 4) is 5.75 Å². The Morgan fingerprint density at radius 3 is 2.47 bits per heavy atom. The summed E-state index contributed by atoms with van der Waals surface area (Å²) in [5.41, 5.74) is 1.21. The highest BCUT2D eigenvalue weighted by Gasteiger charge is 2.52. The van der Waals surface area contributed by atoms with Gasteiger partial charge in [-0.1, -0.05) is 43.0 Å². The highest BCUT2D eigenvalue weighted by molar-refractivity contribution is 6.09. The molecule has 8 heteroatoms. The van der Waals surface area contributed by atoms with Crippen LogP contribution in [0.15, 0.2) is 83.1 Å². The molecule has 6 nitrogen and oxygen atoms in total. The predicted molar refractivity (Wildman–Crippen MR) is 130 cm³/mol. The van der Waals surface area contributed by atoms with Crippen LogP contribution < -0.4 is 10.1 Å². The number of aliphatic imine (C=N–C) groups is 1. The zero-order valence-corrected chi connectivity index (χ0v) is 19.9. The van der Waals surface area contributed by atoms with Gasteiger partial charge in [0, 0.05) is 19.5 Å². The number of carbonyl (C=O) groups excluding carboxylic acids is 2. The lowest BCUT2D eigenvalue weighted by Gasteiger charge is -2.29. The van der Waals surface area contributed by atoms with Gasteiger partial charge in [0.05, 0.1) is 0 Å². The van der Waals surface area contributed by atoms with E-state index >= 15 is 0 Å². The first-order chi connectivity index (χ1) is 16.1. The average molecular weight is 470 g/mol. The van der Waals surface area contributed by atoms with Crippen LogP contribution in [0.1, 0.15) is 31.9 Å². The second-order valence-corrected chi connectivity index (χ2v) is 7.57. The zero-order valence-electron chi connectivity index (χ0n) is 19.9. The number of amides is 3. The van der Waals surface area contributed by atoms with E-state index in [1.165, 1.54) is 19.2 Å². The van der Waals surface area contributed by atoms with Gasteiger partial charge in [0.25, 0.3) is 5.91 Å². The minimum absolute atomic E-state index is 0.0105. The number of carbonyl (C=O) groups is 2. The van der Waals surface area contributed by atoms with Gasteiger partial charge >= 0.3 is 12.6 Å². The Morgan fingerprint density at radius 1 is 1.26 bits per heavy atom. The van der Waals surface area contributed by atoms with E-state index in [0.717, 1.165) is 4.90 Å². The van der Waals surface area contributed by atoms with E-state index in [2.05, 4.69) is 21.6 Å². The van der Waals surface area contributed by atoms with Gasteiger partial charge in [0.1, 0.15) is 5.75 Å². The minimum atomic E-state index is -2.98. The summed E-state index contributed by atoms with van der Waals surface area (Å²) in [6.45, 7) is 7.85. The summed E-state index contributed by atoms with van der Waals surface area (Å²) >= 11 is 0. The number of aryl methyl sites for hydroxylation is 1. The number of alkyl halides is 2. The molecule has 0 aromatic heterocycles. The molecular formula is C26H29F2N3O3. The maximum Gasteiger partial charge on any atom is 0.387 e. The van der Waals surface area contributed by atoms with Crippen LogP contribution in [-0.4, -0.2) is 36.7 Å². The number of allylic oxidation sites excluding steroid dienone is 7. The summed E-state index contributed by atoms with van der Waals surface area (Å²) in [6, 6.07) is 3.86. The Hall–Kier alpha value is -3.81. The molecule has 1 N–H and O–H groups in total. The summed E-state index contributed by atoms with van der Waals surface area (Å²) in [4.78, 5) is 31.1. The quantitative estimate of drug-likeness (QED) is 0.291. The largest absolute Gasteiger partial charge is 0.435 e. The SMILES string of the molecule is C=CC(=C\N=CC)/C(=C/C=C\C)/C=C(\C)C1(c2ccc(OC(F)F)c(C)c2)NC(=O)N(C)C1=O. The summed E-state index contributed by atoms with van der Waals surface area (Å²) in [7, 11) is 1.38. The smallest absolute Gasteiger partial charge is 0.387 e. The van der Waals surface area contributed by atoms with Crippen molar-refractivity contribution in [2.24, 2.45) is 4.99 Å². The van der Waals surface area contributed by atoms with Crippen molar-refractivity contribution in [3.63, 3.8) is 0 Å². The van der Waals surface area contributed by atoms with E-state index in [0.29, 0.717) is 27.8 Å². The number of likely N-dealkylation sites (N-methyl/N-ethyl adjacent to an activating group) is 1. The lowest BCUT2D eigenvalue weighted by molar-refractivity contribution is -0.129. The van der Waals surface area contributed by atoms with E-state index in [4.69, 9.17) is 0 Å². The Bertz CT molecular complexity index is 1120. The molecule has 0 saturated carbocycles. The molecule has 0 spiro atoms. The number of imide groups is 1. The summed E-state index contributed by atoms with van der Waals surface area (Å²) in [5.74, 6) is -0.502. The Labute approximate surface area is 198 Å². The predicted octanol–water partition coefficient (Wildman–Crippen LogP) is 5.58. The minimum Gasteiger partial charge on any atom is -0.435 e. The van der Waals surface area contributed by atoms with Crippen molar-refractivity contribution in [1.29, 1.82) is 0 Å². The molecule has 1 aromatic carbocycles. The molecule has 2 rings (SSSR count). The number of nitrogens with zero attached hydrogens (tertiary/aromatic N) is 2. The van der Waals surface area contributed by atoms with Crippen molar-refractivity contribution in [1.82, 2.24) is 10.2 Å². The number of rotatable bonds is 9. The average Bonchev–Trinajstić information content (AvgIpc) is 3.03. The van der Waals surface area contributed by atoms with Crippen molar-refractivity contribution in [3.05, 3.63) is 89.2 Å². The standard InChI is InChI=1S/C26H29F2N3O3/c1-7-10-11-20(19(8-2)16-29-9-3)15-18(5)26(23(32)31(6)25(33)30-26)21-12-13-22(17(4)14-21)34-24(27)28/h7-16,24H,2H2,1,3-6H3,(H,30,33)/b10-7-,18-15+,19-16+,20-11+,29-9?. The molecule has 1 heterocycles. The first-order valence-corrected chi connectivity index (χ1v) is 10.6. The second kappa shape index (κ2) is 11.4. The fourth-order valence-electron chi connectivity index (χ4n) is 3.61. The molecule has 1 fully saturated rings. The van der Waals surface area contributed by atoms with Gasteiger partial charge in [-0.3, -0.25) is 14.7 Å². The van der Waals surface area contributed by atoms with Crippen molar-refractivity contribution in [2.75, 3.05) is 7.05 Å². The number of halogens is 2. The Kier molecular flexibility index (Phi) is 8.83. The maximum absolute atomic E-state index is 13.4. The highest BCUT2D eigenvalue weighted by Crippen LogP contribution is 2.38. The lowest BCUT2D eigenvalue weighted by atomic mass is 9.81. The lowest BCUT2D eigenvalue weighted by Crippen LogP contribution is -2.45. The van der Waals surface area contributed by atoms with E-state index in [1.54, 1.807) is 51.4 Å². The van der Waals surface area contributed by atoms with Crippen LogP contribution in [0.2, 0.25) is 0 Å². The second-order valence-electron chi connectivity index (χ2n) is 7.57. The number of hydrogen-bond acceptors (Lipinski definition) is 4. The van der Waals surface area contributed by atoms with Gasteiger partial charge in [0.15, 0.2) is 5.54 Å². The molecule has 1 aliphatic rings. The van der Waals surface area contributed by atoms with Crippen LogP contribution >= 0.6 is 0 Å². The third-order valence-corrected chi connectivity index (χ3v) is 5.40. The first kappa shape index (κ1) is 26.4. The molecule has 0 bridgehead atoms. The molecule has 34 heavy (non-hydrogen) atoms. The highest BCUT2D eigenvalue weighted by atomic mass is 19.3. The molecule has 1 aliphatic heterocycles. The molecule has 3 amide bonds. The molecule has 1 aromatic rings. The Morgan fingerprint density at radius 2 is 1.97 bits per heavy atom. The van der Waals surface area contributed by atoms with Crippen LogP contribution in [0.25, 0.3) is 0 Å². The van der Waals surface area contributed by atoms with Gasteiger partial charge in [-0.05, 0) is 67.7 Å². The normalized spacial score (nSPS) is 20.1. The molecule has 0 aliphatic carbocycles. The van der Waals surface area contributed by atoms with Crippen molar-refractivity contribution >= 4 is 18.2 Å². The number of urea groups is 1. The summed E-state index contributed by atoms with van der Waals surface area (Å²) < 4.78 is 30.0. The van der Waals surface area contributed by atoms with Crippen LogP contribution in [0, 0.1) is 6.92 Å². The van der Waals surface area contributed by atoms with Crippen LogP contribution in [0.3, 0.4) is 0 Å². The number of ether oxygens (including phenoxy) is 1. The zero-order chi connectivity index (χ0) is 25.5. The van der Waals surface area contributed by atoms with E-state index < -0.39 is 24.1 Å². The molecular weight excluding hydrogens is 440 g/mol. The summed E-state index contributed by atoms with van der Waals surface area (Å²) in [6.07, 6.45) is 12.2. The van der Waals surface area contributed by atoms with Crippen molar-refractivity contribution < 1.29 is 23.1 Å². The molecule has 1 unspecified atom stereocenters. The van der Waals surface area contributed by atoms with Gasteiger partial charge in [-0.2, -0.15) is 8.78 Å². The van der Waals surface area contributed by atoms with Gasteiger partial charge in [-0.15, -0.1) is 0 Å². The monoisotopic (exact) mass is 469 g/mol. The van der Waals surface area contributed by atoms with E-state index in [9.17, 15) is 18.4 Å². The fourth-order valence-corrected chi connectivity index (χ4v) is 3.61. The van der Waals surface area contributed by atoms with Crippen LogP contribution in [0.5, 0.6) is 5.75 Å². The molecule has 180 valence electrons. The van der Waals surface area contributed by atoms with Crippen LogP contribution in [-0.2, 0) is 10.3 Å². The van der Waals surface area contributed by atoms with E-state index in [1.807, 2.05) is 25.2 Å². The first-order valence-electron chi connectivity index (χ1n) is 10.6. The Balaban J connectivity index is 2.75. The van der Waals surface area contributed by atoms with Gasteiger partial charge in [0.2, 0.25) is 0 Å². The topological polar surface area (TPSA) is 71.0 Å². The number of hydrogen-bond donors (Lipinski definition) is 1. The summed E-state index contributed by atoms with van der Waals surface area (Å²) in [5, 5.41) is 2.79. The fraction of sp³-hybridized carbons (Fsp3) is 0.269. The third kappa shape index (κ3) is 5.39. The van der Waals surface area contributed by atoms with Crippen molar-refractivity contribution in [2.45, 2.75) is 39.8 Å². The number of nitrogens with one attached hydrogen (secondary N) is 1. The maximum atomic E-state index is 13.4.